The molecule has 2 aliphatic heterocycles. The molecule has 0 saturated heterocycles. The minimum absolute atomic E-state index is 0.0266. The minimum Gasteiger partial charge on any atom is -0.616 e. The van der Waals surface area contributed by atoms with Gasteiger partial charge in [0.25, 0.3) is 5.91 Å². The van der Waals surface area contributed by atoms with Gasteiger partial charge in [0.2, 0.25) is 0 Å². The zero-order valence-electron chi connectivity index (χ0n) is 20.2. The topological polar surface area (TPSA) is 83.0 Å². The third-order valence-electron chi connectivity index (χ3n) is 5.74. The van der Waals surface area contributed by atoms with E-state index in [2.05, 4.69) is 39.1 Å². The largest absolute Gasteiger partial charge is 0.616 e. The lowest BCUT2D eigenvalue weighted by Gasteiger charge is -2.31. The summed E-state index contributed by atoms with van der Waals surface area (Å²) >= 11 is -1.19. The van der Waals surface area contributed by atoms with Crippen LogP contribution in [0, 0.1) is 0 Å². The van der Waals surface area contributed by atoms with Gasteiger partial charge in [0.15, 0.2) is 17.3 Å². The van der Waals surface area contributed by atoms with Gasteiger partial charge in [0.1, 0.15) is 5.60 Å². The van der Waals surface area contributed by atoms with Gasteiger partial charge in [0, 0.05) is 28.8 Å². The van der Waals surface area contributed by atoms with Crippen molar-refractivity contribution in [1.29, 1.82) is 0 Å². The average molecular weight is 469 g/mol. The molecule has 7 heteroatoms. The second-order valence-corrected chi connectivity index (χ2v) is 11.4. The maximum atomic E-state index is 12.2. The summed E-state index contributed by atoms with van der Waals surface area (Å²) in [4.78, 5) is 17.3. The highest BCUT2D eigenvalue weighted by molar-refractivity contribution is 7.91. The highest BCUT2D eigenvalue weighted by atomic mass is 32.2. The molecule has 0 bridgehead atoms. The summed E-state index contributed by atoms with van der Waals surface area (Å²) in [5, 5.41) is 2.86. The van der Waals surface area contributed by atoms with E-state index >= 15 is 0 Å². The van der Waals surface area contributed by atoms with Crippen LogP contribution in [0.5, 0.6) is 11.5 Å². The van der Waals surface area contributed by atoms with Gasteiger partial charge in [-0.15, -0.1) is 0 Å². The molecule has 1 unspecified atom stereocenters. The fourth-order valence-electron chi connectivity index (χ4n) is 4.67. The van der Waals surface area contributed by atoms with E-state index in [0.29, 0.717) is 12.3 Å². The summed E-state index contributed by atoms with van der Waals surface area (Å²) in [5.41, 5.74) is 5.31. The Kier molecular flexibility index (Phi) is 6.22. The van der Waals surface area contributed by atoms with Gasteiger partial charge < -0.3 is 19.3 Å². The van der Waals surface area contributed by atoms with E-state index in [9.17, 15) is 9.35 Å². The van der Waals surface area contributed by atoms with Gasteiger partial charge in [-0.3, -0.25) is 9.79 Å². The van der Waals surface area contributed by atoms with Crippen LogP contribution in [0.15, 0.2) is 35.3 Å². The number of carbonyl (C=O) groups excluding carboxylic acids is 1. The van der Waals surface area contributed by atoms with Crippen LogP contribution < -0.4 is 14.8 Å². The Morgan fingerprint density at radius 2 is 2.00 bits per heavy atom. The molecule has 0 radical (unpaired) electrons. The maximum Gasteiger partial charge on any atom is 0.274 e. The minimum atomic E-state index is -1.19. The number of carbonyl (C=O) groups is 1. The van der Waals surface area contributed by atoms with Crippen LogP contribution in [0.2, 0.25) is 0 Å². The summed E-state index contributed by atoms with van der Waals surface area (Å²) in [6.07, 6.45) is 3.09. The lowest BCUT2D eigenvalue weighted by molar-refractivity contribution is -0.113. The van der Waals surface area contributed by atoms with Crippen LogP contribution in [0.25, 0.3) is 0 Å². The van der Waals surface area contributed by atoms with E-state index in [0.717, 1.165) is 46.7 Å². The predicted octanol–water partition coefficient (Wildman–Crippen LogP) is 4.29. The molecule has 0 saturated carbocycles. The number of amides is 1. The van der Waals surface area contributed by atoms with Crippen molar-refractivity contribution in [3.63, 3.8) is 0 Å². The van der Waals surface area contributed by atoms with E-state index < -0.39 is 11.2 Å². The Balaban J connectivity index is 1.82. The van der Waals surface area contributed by atoms with E-state index in [1.54, 1.807) is 0 Å². The lowest BCUT2D eigenvalue weighted by atomic mass is 9.81. The van der Waals surface area contributed by atoms with Crippen molar-refractivity contribution >= 4 is 28.5 Å². The van der Waals surface area contributed by atoms with E-state index in [-0.39, 0.29) is 22.8 Å². The third kappa shape index (κ3) is 5.04. The molecule has 4 rings (SSSR count). The summed E-state index contributed by atoms with van der Waals surface area (Å²) < 4.78 is 23.7. The molecule has 2 aromatic carbocycles. The summed E-state index contributed by atoms with van der Waals surface area (Å²) in [5.74, 6) is 1.31. The smallest absolute Gasteiger partial charge is 0.274 e. The summed E-state index contributed by atoms with van der Waals surface area (Å²) in [7, 11) is 0. The first-order valence-electron chi connectivity index (χ1n) is 11.3. The third-order valence-corrected chi connectivity index (χ3v) is 6.40. The van der Waals surface area contributed by atoms with Crippen LogP contribution in [0.3, 0.4) is 0 Å². The quantitative estimate of drug-likeness (QED) is 0.641. The maximum absolute atomic E-state index is 12.2. The van der Waals surface area contributed by atoms with Gasteiger partial charge in [-0.05, 0) is 76.0 Å². The molecule has 2 aromatic rings. The molecule has 1 N–H and O–H groups in total. The van der Waals surface area contributed by atoms with Crippen molar-refractivity contribution < 1.29 is 18.8 Å². The first-order chi connectivity index (χ1) is 15.5. The van der Waals surface area contributed by atoms with Gasteiger partial charge in [-0.25, -0.2) is 0 Å². The summed E-state index contributed by atoms with van der Waals surface area (Å²) in [6, 6.07) is 9.81. The number of fused-ring (bicyclic) bond motifs is 3. The highest BCUT2D eigenvalue weighted by Crippen LogP contribution is 2.48. The van der Waals surface area contributed by atoms with Crippen molar-refractivity contribution in [3.8, 4) is 11.5 Å². The molecule has 2 heterocycles. The Bertz CT molecular complexity index is 1120. The van der Waals surface area contributed by atoms with Gasteiger partial charge in [-0.2, -0.15) is 0 Å². The van der Waals surface area contributed by atoms with Gasteiger partial charge >= 0.3 is 0 Å². The number of aliphatic imine (C=N–C) groups is 1. The first-order valence-corrected chi connectivity index (χ1v) is 13.0. The Labute approximate surface area is 199 Å². The molecule has 33 heavy (non-hydrogen) atoms. The Morgan fingerprint density at radius 1 is 1.24 bits per heavy atom. The van der Waals surface area contributed by atoms with Gasteiger partial charge in [-0.1, -0.05) is 12.1 Å². The lowest BCUT2D eigenvalue weighted by Crippen LogP contribution is -2.30. The zero-order chi connectivity index (χ0) is 24.0. The number of hydrogen-bond acceptors (Lipinski definition) is 5. The normalized spacial score (nSPS) is 18.5. The second kappa shape index (κ2) is 8.69. The molecule has 0 aromatic heterocycles. The fourth-order valence-corrected chi connectivity index (χ4v) is 5.11. The SMILES string of the molecule is CCOc1cc2c(c3c1OC(C)(C)C3)C(c1cccc(NC(=O)C[S+](C)[O-])c1)=NC(C)(C)C2. The standard InChI is InChI=1S/C26H32N2O4S/c1-7-31-20-12-17-13-25(2,3)28-23(22(17)19-14-26(4,5)32-24(19)20)16-9-8-10-18(11-16)27-21(29)15-33(6)30/h8-12H,7,13-15H2,1-6H3,(H,27,29). The molecule has 176 valence electrons. The van der Waals surface area contributed by atoms with Crippen molar-refractivity contribution in [2.45, 2.75) is 58.6 Å². The molecule has 6 nitrogen and oxygen atoms in total. The predicted molar refractivity (Wildman–Crippen MR) is 133 cm³/mol. The van der Waals surface area contributed by atoms with Crippen molar-refractivity contribution in [1.82, 2.24) is 0 Å². The number of hydrogen-bond donors (Lipinski definition) is 1. The monoisotopic (exact) mass is 468 g/mol. The van der Waals surface area contributed by atoms with Crippen LogP contribution in [-0.4, -0.2) is 45.9 Å². The summed E-state index contributed by atoms with van der Waals surface area (Å²) in [6.45, 7) is 11.0. The van der Waals surface area contributed by atoms with Crippen molar-refractivity contribution in [2.75, 3.05) is 23.9 Å². The molecule has 1 atom stereocenters. The molecule has 0 fully saturated rings. The molecule has 2 aliphatic rings. The zero-order valence-corrected chi connectivity index (χ0v) is 21.0. The van der Waals surface area contributed by atoms with Crippen LogP contribution >= 0.6 is 0 Å². The van der Waals surface area contributed by atoms with Crippen molar-refractivity contribution in [2.24, 2.45) is 4.99 Å². The number of rotatable bonds is 6. The van der Waals surface area contributed by atoms with Gasteiger partial charge in [0.05, 0.1) is 24.1 Å². The number of ether oxygens (including phenoxy) is 2. The van der Waals surface area contributed by atoms with E-state index in [4.69, 9.17) is 14.5 Å². The number of nitrogens with one attached hydrogen (secondary N) is 1. The van der Waals surface area contributed by atoms with E-state index in [1.165, 1.54) is 11.8 Å². The number of benzene rings is 2. The van der Waals surface area contributed by atoms with E-state index in [1.807, 2.05) is 31.2 Å². The van der Waals surface area contributed by atoms with Crippen LogP contribution in [-0.2, 0) is 28.8 Å². The fraction of sp³-hybridized carbons (Fsp3) is 0.462. The number of anilines is 1. The highest BCUT2D eigenvalue weighted by Gasteiger charge is 2.39. The Morgan fingerprint density at radius 3 is 2.70 bits per heavy atom. The average Bonchev–Trinajstić information content (AvgIpc) is 3.01. The second-order valence-electron chi connectivity index (χ2n) is 9.98. The molecular formula is C26H32N2O4S. The molecular weight excluding hydrogens is 436 g/mol. The number of nitrogens with zero attached hydrogens (tertiary/aromatic N) is 1. The molecule has 1 amide bonds. The van der Waals surface area contributed by atoms with Crippen LogP contribution in [0.4, 0.5) is 5.69 Å². The van der Waals surface area contributed by atoms with Crippen molar-refractivity contribution in [3.05, 3.63) is 52.6 Å². The Hall–Kier alpha value is -2.51. The first kappa shape index (κ1) is 23.6. The van der Waals surface area contributed by atoms with Crippen LogP contribution in [0.1, 0.15) is 56.9 Å². The molecule has 0 spiro atoms. The molecule has 0 aliphatic carbocycles.